The van der Waals surface area contributed by atoms with Crippen molar-refractivity contribution in [3.63, 3.8) is 0 Å². The summed E-state index contributed by atoms with van der Waals surface area (Å²) >= 11 is 3.50. The van der Waals surface area contributed by atoms with Crippen LogP contribution in [0.15, 0.2) is 46.9 Å². The number of hydrogen-bond acceptors (Lipinski definition) is 3. The van der Waals surface area contributed by atoms with Crippen LogP contribution in [0.1, 0.15) is 18.4 Å². The lowest BCUT2D eigenvalue weighted by Gasteiger charge is -2.10. The third kappa shape index (κ3) is 3.99. The van der Waals surface area contributed by atoms with Crippen LogP contribution in [-0.2, 0) is 6.54 Å². The molecule has 3 rings (SSSR count). The first-order valence-corrected chi connectivity index (χ1v) is 7.87. The van der Waals surface area contributed by atoms with Crippen LogP contribution in [0.4, 0.5) is 0 Å². The van der Waals surface area contributed by atoms with Crippen molar-refractivity contribution in [3.8, 4) is 17.2 Å². The Morgan fingerprint density at radius 2 is 2.00 bits per heavy atom. The van der Waals surface area contributed by atoms with E-state index in [0.717, 1.165) is 28.3 Å². The van der Waals surface area contributed by atoms with Crippen LogP contribution in [0.5, 0.6) is 17.2 Å². The van der Waals surface area contributed by atoms with Gasteiger partial charge in [-0.05, 0) is 64.7 Å². The molecule has 1 aliphatic carbocycles. The number of methoxy groups -OCH3 is 1. The third-order valence-electron chi connectivity index (χ3n) is 3.44. The highest BCUT2D eigenvalue weighted by atomic mass is 79.9. The molecule has 2 aromatic carbocycles. The summed E-state index contributed by atoms with van der Waals surface area (Å²) in [5.74, 6) is 2.43. The van der Waals surface area contributed by atoms with Gasteiger partial charge in [0.05, 0.1) is 11.6 Å². The SMILES string of the molecule is COc1ccc(Oc2cccc(CNC3CC3)c2)c(Br)c1. The van der Waals surface area contributed by atoms with E-state index in [2.05, 4.69) is 33.4 Å². The standard InChI is InChI=1S/C17H18BrNO2/c1-20-14-7-8-17(16(18)10-14)21-15-4-2-3-12(9-15)11-19-13-5-6-13/h2-4,7-10,13,19H,5-6,11H2,1H3. The van der Waals surface area contributed by atoms with E-state index >= 15 is 0 Å². The monoisotopic (exact) mass is 347 g/mol. The fourth-order valence-electron chi connectivity index (χ4n) is 2.09. The van der Waals surface area contributed by atoms with Crippen molar-refractivity contribution in [3.05, 3.63) is 52.5 Å². The van der Waals surface area contributed by atoms with Crippen molar-refractivity contribution in [2.45, 2.75) is 25.4 Å². The highest BCUT2D eigenvalue weighted by molar-refractivity contribution is 9.10. The molecule has 110 valence electrons. The molecule has 1 fully saturated rings. The number of hydrogen-bond donors (Lipinski definition) is 1. The predicted octanol–water partition coefficient (Wildman–Crippen LogP) is 4.50. The Labute approximate surface area is 133 Å². The lowest BCUT2D eigenvalue weighted by atomic mass is 10.2. The van der Waals surface area contributed by atoms with Gasteiger partial charge in [0.25, 0.3) is 0 Å². The van der Waals surface area contributed by atoms with Crippen LogP contribution in [0, 0.1) is 0 Å². The molecule has 0 aromatic heterocycles. The van der Waals surface area contributed by atoms with Gasteiger partial charge in [-0.3, -0.25) is 0 Å². The summed E-state index contributed by atoms with van der Waals surface area (Å²) in [7, 11) is 1.65. The predicted molar refractivity (Wildman–Crippen MR) is 87.1 cm³/mol. The number of nitrogens with one attached hydrogen (secondary N) is 1. The molecule has 0 atom stereocenters. The van der Waals surface area contributed by atoms with Crippen LogP contribution >= 0.6 is 15.9 Å². The van der Waals surface area contributed by atoms with Gasteiger partial charge in [0, 0.05) is 12.6 Å². The lowest BCUT2D eigenvalue weighted by Crippen LogP contribution is -2.15. The molecule has 4 heteroatoms. The average Bonchev–Trinajstić information content (AvgIpc) is 3.32. The molecule has 1 saturated carbocycles. The Morgan fingerprint density at radius 1 is 1.14 bits per heavy atom. The van der Waals surface area contributed by atoms with E-state index in [1.54, 1.807) is 7.11 Å². The second-order valence-corrected chi connectivity index (χ2v) is 6.06. The van der Waals surface area contributed by atoms with Gasteiger partial charge in [0.2, 0.25) is 0 Å². The van der Waals surface area contributed by atoms with E-state index in [0.29, 0.717) is 6.04 Å². The molecule has 0 unspecified atom stereocenters. The summed E-state index contributed by atoms with van der Waals surface area (Å²) < 4.78 is 12.0. The highest BCUT2D eigenvalue weighted by Crippen LogP contribution is 2.33. The van der Waals surface area contributed by atoms with Crippen molar-refractivity contribution < 1.29 is 9.47 Å². The van der Waals surface area contributed by atoms with E-state index in [4.69, 9.17) is 9.47 Å². The van der Waals surface area contributed by atoms with Gasteiger partial charge in [0.1, 0.15) is 17.2 Å². The summed E-state index contributed by atoms with van der Waals surface area (Å²) in [5, 5.41) is 3.51. The number of rotatable bonds is 6. The van der Waals surface area contributed by atoms with E-state index in [1.807, 2.05) is 30.3 Å². The molecule has 0 spiro atoms. The van der Waals surface area contributed by atoms with Gasteiger partial charge in [0.15, 0.2) is 0 Å². The maximum atomic E-state index is 5.94. The molecule has 0 radical (unpaired) electrons. The van der Waals surface area contributed by atoms with Crippen molar-refractivity contribution in [1.82, 2.24) is 5.32 Å². The van der Waals surface area contributed by atoms with Gasteiger partial charge >= 0.3 is 0 Å². The first kappa shape index (κ1) is 14.4. The summed E-state index contributed by atoms with van der Waals surface area (Å²) in [5.41, 5.74) is 1.24. The minimum atomic E-state index is 0.713. The van der Waals surface area contributed by atoms with Crippen LogP contribution in [0.25, 0.3) is 0 Å². The molecule has 0 bridgehead atoms. The van der Waals surface area contributed by atoms with Gasteiger partial charge in [-0.1, -0.05) is 12.1 Å². The van der Waals surface area contributed by atoms with Crippen molar-refractivity contribution in [1.29, 1.82) is 0 Å². The molecule has 0 amide bonds. The number of halogens is 1. The molecule has 0 aliphatic heterocycles. The average molecular weight is 348 g/mol. The Hall–Kier alpha value is -1.52. The third-order valence-corrected chi connectivity index (χ3v) is 4.06. The molecular formula is C17H18BrNO2. The van der Waals surface area contributed by atoms with E-state index < -0.39 is 0 Å². The Bertz CT molecular complexity index is 626. The molecule has 2 aromatic rings. The second kappa shape index (κ2) is 6.50. The normalized spacial score (nSPS) is 14.0. The van der Waals surface area contributed by atoms with E-state index in [-0.39, 0.29) is 0 Å². The molecular weight excluding hydrogens is 330 g/mol. The summed E-state index contributed by atoms with van der Waals surface area (Å²) in [6.45, 7) is 0.894. The van der Waals surface area contributed by atoms with Gasteiger partial charge in [-0.25, -0.2) is 0 Å². The Kier molecular flexibility index (Phi) is 4.46. The van der Waals surface area contributed by atoms with Crippen molar-refractivity contribution >= 4 is 15.9 Å². The first-order chi connectivity index (χ1) is 10.2. The zero-order valence-electron chi connectivity index (χ0n) is 11.9. The van der Waals surface area contributed by atoms with Crippen molar-refractivity contribution in [2.24, 2.45) is 0 Å². The molecule has 0 heterocycles. The maximum absolute atomic E-state index is 5.94. The molecule has 1 aliphatic rings. The zero-order chi connectivity index (χ0) is 14.7. The molecule has 3 nitrogen and oxygen atoms in total. The van der Waals surface area contributed by atoms with Crippen LogP contribution in [0.2, 0.25) is 0 Å². The van der Waals surface area contributed by atoms with Crippen LogP contribution in [-0.4, -0.2) is 13.2 Å². The molecule has 1 N–H and O–H groups in total. The van der Waals surface area contributed by atoms with Gasteiger partial charge in [-0.15, -0.1) is 0 Å². The summed E-state index contributed by atoms with van der Waals surface area (Å²) in [4.78, 5) is 0. The second-order valence-electron chi connectivity index (χ2n) is 5.20. The first-order valence-electron chi connectivity index (χ1n) is 7.08. The quantitative estimate of drug-likeness (QED) is 0.834. The minimum Gasteiger partial charge on any atom is -0.497 e. The molecule has 21 heavy (non-hydrogen) atoms. The van der Waals surface area contributed by atoms with Gasteiger partial charge < -0.3 is 14.8 Å². The smallest absolute Gasteiger partial charge is 0.141 e. The minimum absolute atomic E-state index is 0.713. The zero-order valence-corrected chi connectivity index (χ0v) is 13.5. The van der Waals surface area contributed by atoms with Crippen molar-refractivity contribution in [2.75, 3.05) is 7.11 Å². The largest absolute Gasteiger partial charge is 0.497 e. The van der Waals surface area contributed by atoms with Crippen LogP contribution < -0.4 is 14.8 Å². The van der Waals surface area contributed by atoms with Crippen LogP contribution in [0.3, 0.4) is 0 Å². The maximum Gasteiger partial charge on any atom is 0.141 e. The topological polar surface area (TPSA) is 30.5 Å². The Balaban J connectivity index is 1.70. The summed E-state index contributed by atoms with van der Waals surface area (Å²) in [6, 6.07) is 14.6. The number of ether oxygens (including phenoxy) is 2. The Morgan fingerprint density at radius 3 is 2.71 bits per heavy atom. The number of benzene rings is 2. The van der Waals surface area contributed by atoms with E-state index in [9.17, 15) is 0 Å². The fraction of sp³-hybridized carbons (Fsp3) is 0.294. The van der Waals surface area contributed by atoms with E-state index in [1.165, 1.54) is 18.4 Å². The molecule has 0 saturated heterocycles. The summed E-state index contributed by atoms with van der Waals surface area (Å²) in [6.07, 6.45) is 2.60. The van der Waals surface area contributed by atoms with Gasteiger partial charge in [-0.2, -0.15) is 0 Å². The lowest BCUT2D eigenvalue weighted by molar-refractivity contribution is 0.412. The highest BCUT2D eigenvalue weighted by Gasteiger charge is 2.19. The fourth-order valence-corrected chi connectivity index (χ4v) is 2.53.